The number of carbonyl (C=O) groups is 1. The van der Waals surface area contributed by atoms with E-state index in [4.69, 9.17) is 4.74 Å². The Bertz CT molecular complexity index is 927. The summed E-state index contributed by atoms with van der Waals surface area (Å²) >= 11 is 0. The summed E-state index contributed by atoms with van der Waals surface area (Å²) in [6.07, 6.45) is 10.2. The molecule has 0 aliphatic carbocycles. The monoisotopic (exact) mass is 364 g/mol. The zero-order valence-electron chi connectivity index (χ0n) is 15.0. The number of aryl methyl sites for hydroxylation is 1. The van der Waals surface area contributed by atoms with Crippen molar-refractivity contribution >= 4 is 5.91 Å². The van der Waals surface area contributed by atoms with Crippen LogP contribution in [0.2, 0.25) is 0 Å². The Kier molecular flexibility index (Phi) is 4.78. The topological polar surface area (TPSA) is 86.0 Å². The van der Waals surface area contributed by atoms with Crippen LogP contribution in [0.3, 0.4) is 0 Å². The summed E-state index contributed by atoms with van der Waals surface area (Å²) in [4.78, 5) is 27.6. The van der Waals surface area contributed by atoms with Crippen LogP contribution in [0.25, 0.3) is 0 Å². The zero-order chi connectivity index (χ0) is 18.6. The Labute approximate surface area is 156 Å². The molecule has 0 N–H and O–H groups in total. The highest BCUT2D eigenvalue weighted by Gasteiger charge is 2.31. The van der Waals surface area contributed by atoms with E-state index in [0.29, 0.717) is 18.2 Å². The molecule has 0 saturated carbocycles. The van der Waals surface area contributed by atoms with Crippen LogP contribution in [-0.2, 0) is 11.3 Å². The summed E-state index contributed by atoms with van der Waals surface area (Å²) in [7, 11) is 0. The number of hydrogen-bond donors (Lipinski definition) is 0. The number of rotatable bonds is 5. The average molecular weight is 364 g/mol. The third kappa shape index (κ3) is 3.79. The van der Waals surface area contributed by atoms with Crippen LogP contribution >= 0.6 is 0 Å². The second kappa shape index (κ2) is 7.53. The fourth-order valence-electron chi connectivity index (χ4n) is 3.26. The van der Waals surface area contributed by atoms with Crippen LogP contribution < -0.4 is 4.74 Å². The van der Waals surface area contributed by atoms with Crippen molar-refractivity contribution in [1.29, 1.82) is 0 Å². The first-order valence-corrected chi connectivity index (χ1v) is 8.89. The fourth-order valence-corrected chi connectivity index (χ4v) is 3.26. The minimum atomic E-state index is -0.0980. The van der Waals surface area contributed by atoms with Gasteiger partial charge in [-0.15, -0.1) is 0 Å². The number of carbonyl (C=O) groups excluding carboxylic acids is 1. The first-order valence-electron chi connectivity index (χ1n) is 8.89. The molecular formula is C19H20N6O2. The molecule has 1 atom stereocenters. The van der Waals surface area contributed by atoms with E-state index in [1.54, 1.807) is 35.7 Å². The van der Waals surface area contributed by atoms with Crippen LogP contribution in [0, 0.1) is 6.92 Å². The number of pyridine rings is 1. The molecule has 138 valence electrons. The van der Waals surface area contributed by atoms with E-state index in [1.807, 2.05) is 30.0 Å². The lowest BCUT2D eigenvalue weighted by atomic mass is 10.1. The van der Waals surface area contributed by atoms with Gasteiger partial charge in [0, 0.05) is 25.1 Å². The molecule has 8 nitrogen and oxygen atoms in total. The third-order valence-corrected chi connectivity index (χ3v) is 4.58. The molecule has 1 saturated heterocycles. The minimum Gasteiger partial charge on any atom is -0.436 e. The van der Waals surface area contributed by atoms with Gasteiger partial charge in [0.1, 0.15) is 6.54 Å². The van der Waals surface area contributed by atoms with E-state index in [-0.39, 0.29) is 18.5 Å². The van der Waals surface area contributed by atoms with E-state index in [0.717, 1.165) is 24.2 Å². The van der Waals surface area contributed by atoms with Gasteiger partial charge in [0.15, 0.2) is 5.75 Å². The lowest BCUT2D eigenvalue weighted by Crippen LogP contribution is -2.34. The molecule has 3 aromatic rings. The fraction of sp³-hybridized carbons (Fsp3) is 0.316. The van der Waals surface area contributed by atoms with Crippen LogP contribution in [0.5, 0.6) is 11.6 Å². The maximum Gasteiger partial charge on any atom is 0.244 e. The molecule has 1 fully saturated rings. The largest absolute Gasteiger partial charge is 0.436 e. The van der Waals surface area contributed by atoms with E-state index in [9.17, 15) is 4.79 Å². The highest BCUT2D eigenvalue weighted by atomic mass is 16.5. The first-order chi connectivity index (χ1) is 13.2. The van der Waals surface area contributed by atoms with Crippen molar-refractivity contribution in [3.8, 4) is 11.6 Å². The van der Waals surface area contributed by atoms with Gasteiger partial charge in [0.25, 0.3) is 0 Å². The molecule has 0 unspecified atom stereocenters. The third-order valence-electron chi connectivity index (χ3n) is 4.58. The molecule has 0 radical (unpaired) electrons. The Morgan fingerprint density at radius 3 is 3.04 bits per heavy atom. The molecule has 8 heteroatoms. The second-order valence-corrected chi connectivity index (χ2v) is 6.42. The van der Waals surface area contributed by atoms with Crippen molar-refractivity contribution in [2.75, 3.05) is 6.54 Å². The number of amides is 1. The Morgan fingerprint density at radius 1 is 1.30 bits per heavy atom. The highest BCUT2D eigenvalue weighted by Crippen LogP contribution is 2.32. The lowest BCUT2D eigenvalue weighted by Gasteiger charge is -2.24. The molecule has 27 heavy (non-hydrogen) atoms. The Hall–Kier alpha value is -3.29. The highest BCUT2D eigenvalue weighted by molar-refractivity contribution is 5.76. The normalized spacial score (nSPS) is 16.5. The molecule has 4 rings (SSSR count). The van der Waals surface area contributed by atoms with Crippen molar-refractivity contribution in [2.45, 2.75) is 32.4 Å². The summed E-state index contributed by atoms with van der Waals surface area (Å²) in [5, 5.41) is 4.11. The summed E-state index contributed by atoms with van der Waals surface area (Å²) in [6, 6.07) is 5.36. The standard InChI is InChI=1S/C19H20N6O2/c1-14-17(6-2-7-21-14)27-18-12-20-11-15(23-18)16-5-3-10-25(16)19(26)13-24-9-4-8-22-24/h2,4,6-9,11-12,16H,3,5,10,13H2,1H3/t16-/m1/s1. The van der Waals surface area contributed by atoms with Crippen molar-refractivity contribution in [3.05, 3.63) is 60.6 Å². The Balaban J connectivity index is 1.52. The minimum absolute atomic E-state index is 0.0254. The second-order valence-electron chi connectivity index (χ2n) is 6.42. The van der Waals surface area contributed by atoms with Gasteiger partial charge in [0.2, 0.25) is 11.8 Å². The molecule has 1 aliphatic rings. The predicted molar refractivity (Wildman–Crippen MR) is 97.0 cm³/mol. The van der Waals surface area contributed by atoms with Crippen molar-refractivity contribution in [1.82, 2.24) is 29.6 Å². The van der Waals surface area contributed by atoms with Crippen LogP contribution in [0.1, 0.15) is 30.3 Å². The lowest BCUT2D eigenvalue weighted by molar-refractivity contribution is -0.133. The van der Waals surface area contributed by atoms with E-state index in [1.165, 1.54) is 0 Å². The van der Waals surface area contributed by atoms with Gasteiger partial charge < -0.3 is 9.64 Å². The molecule has 1 amide bonds. The van der Waals surface area contributed by atoms with E-state index < -0.39 is 0 Å². The summed E-state index contributed by atoms with van der Waals surface area (Å²) < 4.78 is 7.47. The maximum atomic E-state index is 12.7. The molecule has 0 bridgehead atoms. The van der Waals surface area contributed by atoms with Gasteiger partial charge in [0.05, 0.1) is 29.8 Å². The van der Waals surface area contributed by atoms with E-state index in [2.05, 4.69) is 20.1 Å². The SMILES string of the molecule is Cc1ncccc1Oc1cncc([C@H]2CCCN2C(=O)Cn2cccn2)n1. The van der Waals surface area contributed by atoms with Crippen molar-refractivity contribution < 1.29 is 9.53 Å². The molecule has 0 spiro atoms. The smallest absolute Gasteiger partial charge is 0.244 e. The molecule has 0 aromatic carbocycles. The number of likely N-dealkylation sites (tertiary alicyclic amines) is 1. The van der Waals surface area contributed by atoms with Gasteiger partial charge in [-0.2, -0.15) is 5.10 Å². The average Bonchev–Trinajstić information content (AvgIpc) is 3.35. The maximum absolute atomic E-state index is 12.7. The number of nitrogens with zero attached hydrogens (tertiary/aromatic N) is 6. The van der Waals surface area contributed by atoms with Crippen molar-refractivity contribution in [2.24, 2.45) is 0 Å². The zero-order valence-corrected chi connectivity index (χ0v) is 15.0. The van der Waals surface area contributed by atoms with Crippen LogP contribution in [0.15, 0.2) is 49.2 Å². The summed E-state index contributed by atoms with van der Waals surface area (Å²) in [6.45, 7) is 2.81. The molecule has 4 heterocycles. The number of aromatic nitrogens is 5. The van der Waals surface area contributed by atoms with Gasteiger partial charge in [-0.3, -0.25) is 19.4 Å². The number of hydrogen-bond acceptors (Lipinski definition) is 6. The van der Waals surface area contributed by atoms with Crippen LogP contribution in [-0.4, -0.2) is 42.1 Å². The Morgan fingerprint density at radius 2 is 2.22 bits per heavy atom. The van der Waals surface area contributed by atoms with E-state index >= 15 is 0 Å². The van der Waals surface area contributed by atoms with Gasteiger partial charge in [-0.1, -0.05) is 0 Å². The first kappa shape index (κ1) is 17.1. The molecule has 1 aliphatic heterocycles. The van der Waals surface area contributed by atoms with Gasteiger partial charge in [-0.05, 0) is 38.0 Å². The van der Waals surface area contributed by atoms with Gasteiger partial charge >= 0.3 is 0 Å². The van der Waals surface area contributed by atoms with Crippen molar-refractivity contribution in [3.63, 3.8) is 0 Å². The van der Waals surface area contributed by atoms with Crippen LogP contribution in [0.4, 0.5) is 0 Å². The van der Waals surface area contributed by atoms with Gasteiger partial charge in [-0.25, -0.2) is 4.98 Å². The molecule has 3 aromatic heterocycles. The number of ether oxygens (including phenoxy) is 1. The predicted octanol–water partition coefficient (Wildman–Crippen LogP) is 2.53. The summed E-state index contributed by atoms with van der Waals surface area (Å²) in [5.74, 6) is 1.06. The summed E-state index contributed by atoms with van der Waals surface area (Å²) in [5.41, 5.74) is 1.52. The molecular weight excluding hydrogens is 344 g/mol. The quantitative estimate of drug-likeness (QED) is 0.691.